The van der Waals surface area contributed by atoms with E-state index in [9.17, 15) is 9.90 Å². The summed E-state index contributed by atoms with van der Waals surface area (Å²) in [5.41, 5.74) is 0.748. The third-order valence-electron chi connectivity index (χ3n) is 3.63. The molecule has 0 saturated carbocycles. The maximum atomic E-state index is 12.5. The molecule has 0 fully saturated rings. The second-order valence-electron chi connectivity index (χ2n) is 5.41. The third-order valence-corrected chi connectivity index (χ3v) is 3.63. The van der Waals surface area contributed by atoms with Crippen LogP contribution >= 0.6 is 0 Å². The number of unbranched alkanes of at least 4 members (excludes halogenated alkanes) is 2. The monoisotopic (exact) mass is 301 g/mol. The molecule has 0 saturated heterocycles. The highest BCUT2D eigenvalue weighted by molar-refractivity contribution is 5.76. The van der Waals surface area contributed by atoms with Gasteiger partial charge >= 0.3 is 0 Å². The summed E-state index contributed by atoms with van der Waals surface area (Å²) in [5, 5.41) is 9.92. The Labute approximate surface area is 131 Å². The maximum Gasteiger partial charge on any atom is 0.223 e. The molecule has 1 aromatic heterocycles. The van der Waals surface area contributed by atoms with Crippen LogP contribution in [0.15, 0.2) is 47.1 Å². The van der Waals surface area contributed by atoms with Crippen LogP contribution in [-0.2, 0) is 17.9 Å². The molecule has 0 radical (unpaired) electrons. The van der Waals surface area contributed by atoms with Gasteiger partial charge in [0.15, 0.2) is 0 Å². The van der Waals surface area contributed by atoms with Crippen molar-refractivity contribution in [2.45, 2.75) is 45.7 Å². The first-order valence-corrected chi connectivity index (χ1v) is 7.77. The Balaban J connectivity index is 2.07. The van der Waals surface area contributed by atoms with Gasteiger partial charge in [-0.2, -0.15) is 0 Å². The summed E-state index contributed by atoms with van der Waals surface area (Å²) in [5.74, 6) is 1.06. The molecule has 0 aliphatic rings. The van der Waals surface area contributed by atoms with Crippen molar-refractivity contribution in [1.82, 2.24) is 4.90 Å². The average molecular weight is 301 g/mol. The van der Waals surface area contributed by atoms with Crippen molar-refractivity contribution in [3.05, 3.63) is 54.0 Å². The van der Waals surface area contributed by atoms with Gasteiger partial charge in [0.2, 0.25) is 5.91 Å². The Morgan fingerprint density at radius 1 is 1.14 bits per heavy atom. The molecule has 2 aromatic rings. The Bertz CT molecular complexity index is 578. The zero-order chi connectivity index (χ0) is 15.8. The van der Waals surface area contributed by atoms with E-state index < -0.39 is 0 Å². The van der Waals surface area contributed by atoms with Crippen LogP contribution in [0.3, 0.4) is 0 Å². The SMILES string of the molecule is CCCCCC(=O)N(Cc1ccco1)Cc1ccccc1O. The molecular formula is C18H23NO3. The number of phenolic OH excluding ortho intramolecular Hbond substituents is 1. The van der Waals surface area contributed by atoms with E-state index in [2.05, 4.69) is 6.92 Å². The van der Waals surface area contributed by atoms with Crippen molar-refractivity contribution in [2.75, 3.05) is 0 Å². The lowest BCUT2D eigenvalue weighted by Crippen LogP contribution is -2.29. The molecule has 0 unspecified atom stereocenters. The van der Waals surface area contributed by atoms with Crippen LogP contribution < -0.4 is 0 Å². The first kappa shape index (κ1) is 16.1. The van der Waals surface area contributed by atoms with Crippen molar-refractivity contribution in [2.24, 2.45) is 0 Å². The number of benzene rings is 1. The number of nitrogens with zero attached hydrogens (tertiary/aromatic N) is 1. The predicted molar refractivity (Wildman–Crippen MR) is 85.2 cm³/mol. The minimum Gasteiger partial charge on any atom is -0.508 e. The second-order valence-corrected chi connectivity index (χ2v) is 5.41. The predicted octanol–water partition coefficient (Wildman–Crippen LogP) is 4.09. The standard InChI is InChI=1S/C18H23NO3/c1-2-3-4-11-18(21)19(14-16-9-7-12-22-16)13-15-8-5-6-10-17(15)20/h5-10,12,20H,2-4,11,13-14H2,1H3. The number of carbonyl (C=O) groups is 1. The van der Waals surface area contributed by atoms with Gasteiger partial charge in [-0.05, 0) is 24.6 Å². The quantitative estimate of drug-likeness (QED) is 0.747. The normalized spacial score (nSPS) is 10.6. The van der Waals surface area contributed by atoms with Gasteiger partial charge in [0, 0.05) is 18.5 Å². The van der Waals surface area contributed by atoms with Crippen LogP contribution in [0.25, 0.3) is 0 Å². The third kappa shape index (κ3) is 4.65. The lowest BCUT2D eigenvalue weighted by Gasteiger charge is -2.22. The van der Waals surface area contributed by atoms with Crippen molar-refractivity contribution >= 4 is 5.91 Å². The van der Waals surface area contributed by atoms with E-state index in [1.807, 2.05) is 24.3 Å². The first-order valence-electron chi connectivity index (χ1n) is 7.77. The Morgan fingerprint density at radius 2 is 1.95 bits per heavy atom. The van der Waals surface area contributed by atoms with E-state index in [4.69, 9.17) is 4.42 Å². The number of phenols is 1. The van der Waals surface area contributed by atoms with E-state index in [0.717, 1.165) is 30.6 Å². The number of furan rings is 1. The summed E-state index contributed by atoms with van der Waals surface area (Å²) in [6, 6.07) is 10.8. The van der Waals surface area contributed by atoms with Crippen molar-refractivity contribution < 1.29 is 14.3 Å². The van der Waals surface area contributed by atoms with Crippen molar-refractivity contribution in [1.29, 1.82) is 0 Å². The number of carbonyl (C=O) groups excluding carboxylic acids is 1. The number of para-hydroxylation sites is 1. The fourth-order valence-corrected chi connectivity index (χ4v) is 2.36. The Hall–Kier alpha value is -2.23. The Kier molecular flexibility index (Phi) is 6.07. The molecule has 2 rings (SSSR count). The summed E-state index contributed by atoms with van der Waals surface area (Å²) in [6.45, 7) is 2.93. The van der Waals surface area contributed by atoms with Gasteiger partial charge in [0.25, 0.3) is 0 Å². The van der Waals surface area contributed by atoms with Crippen LogP contribution in [0.4, 0.5) is 0 Å². The van der Waals surface area contributed by atoms with Gasteiger partial charge < -0.3 is 14.4 Å². The lowest BCUT2D eigenvalue weighted by atomic mass is 10.1. The Morgan fingerprint density at radius 3 is 2.64 bits per heavy atom. The molecule has 1 amide bonds. The number of amides is 1. The van der Waals surface area contributed by atoms with E-state index in [1.54, 1.807) is 23.3 Å². The molecule has 0 bridgehead atoms. The molecule has 0 spiro atoms. The maximum absolute atomic E-state index is 12.5. The average Bonchev–Trinajstić information content (AvgIpc) is 3.02. The van der Waals surface area contributed by atoms with Gasteiger partial charge in [-0.3, -0.25) is 4.79 Å². The van der Waals surface area contributed by atoms with Crippen molar-refractivity contribution in [3.63, 3.8) is 0 Å². The lowest BCUT2D eigenvalue weighted by molar-refractivity contribution is -0.132. The van der Waals surface area contributed by atoms with Gasteiger partial charge in [-0.1, -0.05) is 38.0 Å². The van der Waals surface area contributed by atoms with Gasteiger partial charge in [0.1, 0.15) is 11.5 Å². The molecule has 0 aliphatic carbocycles. The van der Waals surface area contributed by atoms with E-state index in [-0.39, 0.29) is 11.7 Å². The number of hydrogen-bond donors (Lipinski definition) is 1. The molecule has 4 heteroatoms. The first-order chi connectivity index (χ1) is 10.7. The van der Waals surface area contributed by atoms with Crippen LogP contribution in [-0.4, -0.2) is 15.9 Å². The zero-order valence-electron chi connectivity index (χ0n) is 13.0. The zero-order valence-corrected chi connectivity index (χ0v) is 13.0. The summed E-state index contributed by atoms with van der Waals surface area (Å²) in [4.78, 5) is 14.2. The summed E-state index contributed by atoms with van der Waals surface area (Å²) < 4.78 is 5.35. The van der Waals surface area contributed by atoms with Crippen LogP contribution in [0.1, 0.15) is 43.9 Å². The largest absolute Gasteiger partial charge is 0.508 e. The molecule has 1 heterocycles. The van der Waals surface area contributed by atoms with Crippen LogP contribution in [0.2, 0.25) is 0 Å². The molecule has 0 atom stereocenters. The fourth-order valence-electron chi connectivity index (χ4n) is 2.36. The van der Waals surface area contributed by atoms with E-state index >= 15 is 0 Å². The van der Waals surface area contributed by atoms with Crippen molar-refractivity contribution in [3.8, 4) is 5.75 Å². The molecule has 0 aliphatic heterocycles. The minimum atomic E-state index is 0.0908. The van der Waals surface area contributed by atoms with Gasteiger partial charge in [0.05, 0.1) is 12.8 Å². The van der Waals surface area contributed by atoms with Gasteiger partial charge in [-0.15, -0.1) is 0 Å². The molecular weight excluding hydrogens is 278 g/mol. The topological polar surface area (TPSA) is 53.7 Å². The van der Waals surface area contributed by atoms with Crippen LogP contribution in [0, 0.1) is 0 Å². The fraction of sp³-hybridized carbons (Fsp3) is 0.389. The van der Waals surface area contributed by atoms with E-state index in [1.165, 1.54) is 0 Å². The molecule has 118 valence electrons. The van der Waals surface area contributed by atoms with Gasteiger partial charge in [-0.25, -0.2) is 0 Å². The summed E-state index contributed by atoms with van der Waals surface area (Å²) >= 11 is 0. The second kappa shape index (κ2) is 8.27. The molecule has 22 heavy (non-hydrogen) atoms. The number of hydrogen-bond acceptors (Lipinski definition) is 3. The molecule has 1 N–H and O–H groups in total. The highest BCUT2D eigenvalue weighted by Gasteiger charge is 2.16. The number of aromatic hydroxyl groups is 1. The molecule has 4 nitrogen and oxygen atoms in total. The molecule has 1 aromatic carbocycles. The minimum absolute atomic E-state index is 0.0908. The highest BCUT2D eigenvalue weighted by Crippen LogP contribution is 2.20. The smallest absolute Gasteiger partial charge is 0.223 e. The van der Waals surface area contributed by atoms with E-state index in [0.29, 0.717) is 19.5 Å². The number of rotatable bonds is 8. The highest BCUT2D eigenvalue weighted by atomic mass is 16.3. The summed E-state index contributed by atoms with van der Waals surface area (Å²) in [7, 11) is 0. The summed E-state index contributed by atoms with van der Waals surface area (Å²) in [6.07, 6.45) is 5.17. The van der Waals surface area contributed by atoms with Crippen LogP contribution in [0.5, 0.6) is 5.75 Å².